The lowest BCUT2D eigenvalue weighted by molar-refractivity contribution is -0.0394. The van der Waals surface area contributed by atoms with Gasteiger partial charge >= 0.3 is 0 Å². The maximum atomic E-state index is 6.17. The average molecular weight is 574 g/mol. The Hall–Kier alpha value is -3.67. The predicted molar refractivity (Wildman–Crippen MR) is 174 cm³/mol. The summed E-state index contributed by atoms with van der Waals surface area (Å²) >= 11 is 0. The quantitative estimate of drug-likeness (QED) is 0.178. The minimum Gasteiger partial charge on any atom is -0.492 e. The van der Waals surface area contributed by atoms with Crippen molar-refractivity contribution in [3.63, 3.8) is 0 Å². The summed E-state index contributed by atoms with van der Waals surface area (Å²) in [6.45, 7) is 4.97. The largest absolute Gasteiger partial charge is 0.492 e. The van der Waals surface area contributed by atoms with Crippen LogP contribution in [0.15, 0.2) is 91.3 Å². The number of benzene rings is 3. The lowest BCUT2D eigenvalue weighted by atomic mass is 9.73. The standard InChI is InChI=1S/C38H43N3O2/c1-2-9-30(10-3-1)37(31-11-8-12-31)38(33-18-20-35(21-19-33)42-26-24-40-22-5-6-23-40)32-16-14-29(15-17-32)34-27-39-41(28-34)36-13-4-7-25-43-36/h1-3,9-10,14-21,27-28,31,36H,4-8,11-13,22-26H2/b38-37+. The highest BCUT2D eigenvalue weighted by Crippen LogP contribution is 2.45. The van der Waals surface area contributed by atoms with Gasteiger partial charge in [-0.15, -0.1) is 0 Å². The number of allylic oxidation sites excluding steroid dienone is 1. The fraction of sp³-hybridized carbons (Fsp3) is 0.395. The molecule has 7 rings (SSSR count). The number of ether oxygens (including phenoxy) is 2. The average Bonchev–Trinajstić information content (AvgIpc) is 3.75. The second-order valence-corrected chi connectivity index (χ2v) is 12.3. The Labute approximate surface area is 256 Å². The zero-order valence-electron chi connectivity index (χ0n) is 25.2. The zero-order valence-corrected chi connectivity index (χ0v) is 25.2. The third-order valence-electron chi connectivity index (χ3n) is 9.44. The van der Waals surface area contributed by atoms with E-state index in [0.29, 0.717) is 5.92 Å². The van der Waals surface area contributed by atoms with Crippen molar-refractivity contribution in [3.8, 4) is 16.9 Å². The van der Waals surface area contributed by atoms with Gasteiger partial charge < -0.3 is 9.47 Å². The normalized spacial score (nSPS) is 20.0. The molecule has 222 valence electrons. The summed E-state index contributed by atoms with van der Waals surface area (Å²) in [7, 11) is 0. The second kappa shape index (κ2) is 13.3. The molecule has 1 aliphatic carbocycles. The van der Waals surface area contributed by atoms with E-state index in [1.165, 1.54) is 85.0 Å². The minimum atomic E-state index is 0.0550. The van der Waals surface area contributed by atoms with Crippen LogP contribution in [0.2, 0.25) is 0 Å². The van der Waals surface area contributed by atoms with Gasteiger partial charge in [-0.05, 0) is 109 Å². The summed E-state index contributed by atoms with van der Waals surface area (Å²) in [6.07, 6.45) is 13.9. The Balaban J connectivity index is 1.19. The van der Waals surface area contributed by atoms with E-state index in [4.69, 9.17) is 9.47 Å². The topological polar surface area (TPSA) is 39.5 Å². The number of nitrogens with zero attached hydrogens (tertiary/aromatic N) is 3. The van der Waals surface area contributed by atoms with Crippen LogP contribution in [0.5, 0.6) is 5.75 Å². The monoisotopic (exact) mass is 573 g/mol. The summed E-state index contributed by atoms with van der Waals surface area (Å²) in [5.74, 6) is 1.52. The smallest absolute Gasteiger partial charge is 0.150 e. The molecular weight excluding hydrogens is 530 g/mol. The molecule has 1 unspecified atom stereocenters. The van der Waals surface area contributed by atoms with E-state index in [9.17, 15) is 0 Å². The van der Waals surface area contributed by atoms with Gasteiger partial charge in [0.05, 0.1) is 6.20 Å². The SMILES string of the molecule is c1ccc(/C(=C(\c2ccc(OCCN3CCCC3)cc2)c2ccc(-c3cnn(C4CCCCO4)c3)cc2)C2CCC2)cc1. The lowest BCUT2D eigenvalue weighted by Crippen LogP contribution is -2.25. The molecule has 1 saturated carbocycles. The molecule has 43 heavy (non-hydrogen) atoms. The van der Waals surface area contributed by atoms with Crippen LogP contribution in [-0.2, 0) is 4.74 Å². The molecule has 3 fully saturated rings. The summed E-state index contributed by atoms with van der Waals surface area (Å²) in [6, 6.07) is 28.9. The molecule has 2 aliphatic heterocycles. The molecule has 5 nitrogen and oxygen atoms in total. The van der Waals surface area contributed by atoms with Gasteiger partial charge in [0.25, 0.3) is 0 Å². The van der Waals surface area contributed by atoms with Gasteiger partial charge in [0.15, 0.2) is 0 Å². The van der Waals surface area contributed by atoms with Crippen molar-refractivity contribution in [2.24, 2.45) is 5.92 Å². The molecule has 0 bridgehead atoms. The molecule has 3 aromatic carbocycles. The molecule has 0 radical (unpaired) electrons. The van der Waals surface area contributed by atoms with Crippen LogP contribution >= 0.6 is 0 Å². The van der Waals surface area contributed by atoms with E-state index in [1.807, 2.05) is 10.9 Å². The number of hydrogen-bond acceptors (Lipinski definition) is 4. The number of likely N-dealkylation sites (tertiary alicyclic amines) is 1. The van der Waals surface area contributed by atoms with E-state index >= 15 is 0 Å². The molecule has 1 aromatic heterocycles. The number of aromatic nitrogens is 2. The van der Waals surface area contributed by atoms with Gasteiger partial charge in [0, 0.05) is 24.9 Å². The number of rotatable bonds is 10. The van der Waals surface area contributed by atoms with E-state index in [2.05, 4.69) is 95.1 Å². The molecule has 0 spiro atoms. The fourth-order valence-corrected chi connectivity index (χ4v) is 6.80. The van der Waals surface area contributed by atoms with Crippen LogP contribution in [0.1, 0.15) is 74.3 Å². The molecule has 1 atom stereocenters. The van der Waals surface area contributed by atoms with Gasteiger partial charge in [-0.3, -0.25) is 4.90 Å². The van der Waals surface area contributed by atoms with Crippen molar-refractivity contribution in [1.82, 2.24) is 14.7 Å². The van der Waals surface area contributed by atoms with Crippen LogP contribution < -0.4 is 4.74 Å². The maximum absolute atomic E-state index is 6.17. The van der Waals surface area contributed by atoms with Crippen molar-refractivity contribution in [3.05, 3.63) is 108 Å². The van der Waals surface area contributed by atoms with Crippen molar-refractivity contribution >= 4 is 11.1 Å². The molecule has 0 N–H and O–H groups in total. The maximum Gasteiger partial charge on any atom is 0.150 e. The zero-order chi connectivity index (χ0) is 28.8. The van der Waals surface area contributed by atoms with Gasteiger partial charge in [0.1, 0.15) is 18.6 Å². The van der Waals surface area contributed by atoms with E-state index in [1.54, 1.807) is 0 Å². The molecule has 4 aromatic rings. The second-order valence-electron chi connectivity index (χ2n) is 12.3. The third-order valence-corrected chi connectivity index (χ3v) is 9.44. The van der Waals surface area contributed by atoms with E-state index in [-0.39, 0.29) is 6.23 Å². The molecule has 3 heterocycles. The molecule has 3 aliphatic rings. The van der Waals surface area contributed by atoms with Crippen molar-refractivity contribution in [2.75, 3.05) is 32.8 Å². The van der Waals surface area contributed by atoms with Crippen molar-refractivity contribution in [2.45, 2.75) is 57.6 Å². The van der Waals surface area contributed by atoms with Gasteiger partial charge in [-0.2, -0.15) is 5.10 Å². The van der Waals surface area contributed by atoms with Gasteiger partial charge in [-0.25, -0.2) is 4.68 Å². The Morgan fingerprint density at radius 2 is 1.49 bits per heavy atom. The minimum absolute atomic E-state index is 0.0550. The summed E-state index contributed by atoms with van der Waals surface area (Å²) < 4.78 is 14.1. The van der Waals surface area contributed by atoms with E-state index in [0.717, 1.165) is 43.9 Å². The Morgan fingerprint density at radius 3 is 2.16 bits per heavy atom. The summed E-state index contributed by atoms with van der Waals surface area (Å²) in [5.41, 5.74) is 8.92. The van der Waals surface area contributed by atoms with Gasteiger partial charge in [-0.1, -0.05) is 73.2 Å². The van der Waals surface area contributed by atoms with Crippen LogP contribution in [0.25, 0.3) is 22.3 Å². The highest BCUT2D eigenvalue weighted by atomic mass is 16.5. The molecule has 5 heteroatoms. The molecule has 2 saturated heterocycles. The van der Waals surface area contributed by atoms with Crippen molar-refractivity contribution in [1.29, 1.82) is 0 Å². The van der Waals surface area contributed by atoms with Crippen LogP contribution in [0.4, 0.5) is 0 Å². The highest BCUT2D eigenvalue weighted by molar-refractivity contribution is 5.99. The molecular formula is C38H43N3O2. The molecule has 0 amide bonds. The Bertz CT molecular complexity index is 1490. The van der Waals surface area contributed by atoms with Crippen LogP contribution in [0, 0.1) is 5.92 Å². The van der Waals surface area contributed by atoms with Crippen LogP contribution in [-0.4, -0.2) is 47.5 Å². The Kier molecular flexibility index (Phi) is 8.71. The lowest BCUT2D eigenvalue weighted by Gasteiger charge is -2.31. The summed E-state index contributed by atoms with van der Waals surface area (Å²) in [4.78, 5) is 2.50. The third kappa shape index (κ3) is 6.48. The highest BCUT2D eigenvalue weighted by Gasteiger charge is 2.27. The van der Waals surface area contributed by atoms with Gasteiger partial charge in [0.2, 0.25) is 0 Å². The number of hydrogen-bond donors (Lipinski definition) is 0. The van der Waals surface area contributed by atoms with Crippen molar-refractivity contribution < 1.29 is 9.47 Å². The van der Waals surface area contributed by atoms with E-state index < -0.39 is 0 Å². The summed E-state index contributed by atoms with van der Waals surface area (Å²) in [5, 5.41) is 4.65. The first-order chi connectivity index (χ1) is 21.3. The predicted octanol–water partition coefficient (Wildman–Crippen LogP) is 8.48. The Morgan fingerprint density at radius 1 is 0.744 bits per heavy atom. The first-order valence-electron chi connectivity index (χ1n) is 16.3. The van der Waals surface area contributed by atoms with Crippen LogP contribution in [0.3, 0.4) is 0 Å². The first kappa shape index (κ1) is 28.1. The fourth-order valence-electron chi connectivity index (χ4n) is 6.80. The first-order valence-corrected chi connectivity index (χ1v) is 16.3.